The highest BCUT2D eigenvalue weighted by Crippen LogP contribution is 2.29. The molecule has 4 aromatic rings. The van der Waals surface area contributed by atoms with Gasteiger partial charge < -0.3 is 31.0 Å². The van der Waals surface area contributed by atoms with Crippen LogP contribution in [0.1, 0.15) is 21.7 Å². The maximum atomic E-state index is 14.8. The van der Waals surface area contributed by atoms with Crippen molar-refractivity contribution in [3.05, 3.63) is 91.9 Å². The van der Waals surface area contributed by atoms with Crippen LogP contribution in [0.4, 0.5) is 8.78 Å². The van der Waals surface area contributed by atoms with Gasteiger partial charge in [0.25, 0.3) is 0 Å². The summed E-state index contributed by atoms with van der Waals surface area (Å²) in [5.41, 5.74) is 6.85. The first kappa shape index (κ1) is 27.5. The number of hydrogen-bond donors (Lipinski definition) is 6. The molecule has 1 amide bonds. The Morgan fingerprint density at radius 3 is 2.49 bits per heavy atom. The van der Waals surface area contributed by atoms with Gasteiger partial charge in [0.2, 0.25) is 17.6 Å². The summed E-state index contributed by atoms with van der Waals surface area (Å²) in [6.45, 7) is 0. The van der Waals surface area contributed by atoms with E-state index in [1.54, 1.807) is 12.1 Å². The topological polar surface area (TPSA) is 183 Å². The predicted molar refractivity (Wildman–Crippen MR) is 136 cm³/mol. The van der Waals surface area contributed by atoms with Crippen LogP contribution in [0.15, 0.2) is 53.7 Å². The van der Waals surface area contributed by atoms with Crippen LogP contribution in [-0.4, -0.2) is 49.1 Å². The Hall–Kier alpha value is -4.56. The number of aromatic nitrogens is 3. The van der Waals surface area contributed by atoms with Crippen LogP contribution in [0.2, 0.25) is 0 Å². The number of aromatic amines is 2. The van der Waals surface area contributed by atoms with E-state index in [1.807, 2.05) is 0 Å². The van der Waals surface area contributed by atoms with Gasteiger partial charge >= 0.3 is 10.8 Å². The normalized spacial score (nSPS) is 12.6. The molecule has 2 atom stereocenters. The third kappa shape index (κ3) is 6.86. The maximum Gasteiger partial charge on any atom is 0.326 e. The zero-order chi connectivity index (χ0) is 28.1. The van der Waals surface area contributed by atoms with E-state index in [4.69, 9.17) is 10.5 Å². The summed E-state index contributed by atoms with van der Waals surface area (Å²) < 4.78 is 35.1. The zero-order valence-electron chi connectivity index (χ0n) is 20.1. The van der Waals surface area contributed by atoms with Crippen molar-refractivity contribution in [1.29, 1.82) is 0 Å². The number of amides is 1. The first-order valence-electron chi connectivity index (χ1n) is 11.5. The number of carbonyl (C=O) groups excluding carboxylic acids is 1. The summed E-state index contributed by atoms with van der Waals surface area (Å²) >= 11 is 0.878. The second-order valence-corrected chi connectivity index (χ2v) is 9.62. The van der Waals surface area contributed by atoms with Gasteiger partial charge in [-0.2, -0.15) is 4.39 Å². The van der Waals surface area contributed by atoms with Crippen LogP contribution < -0.4 is 20.7 Å². The largest absolute Gasteiger partial charge is 0.494 e. The summed E-state index contributed by atoms with van der Waals surface area (Å²) in [7, 11) is 0. The van der Waals surface area contributed by atoms with Gasteiger partial charge in [-0.15, -0.1) is 0 Å². The molecule has 0 saturated heterocycles. The lowest BCUT2D eigenvalue weighted by Crippen LogP contribution is -2.50. The Morgan fingerprint density at radius 1 is 1.13 bits per heavy atom. The third-order valence-electron chi connectivity index (χ3n) is 5.71. The first-order chi connectivity index (χ1) is 18.6. The SMILES string of the molecule is NC(Cc1cnc[nH]1)C(=O)NC(Cc1ccc(Oc2ccc(Cc3sc(=O)[nH]c3O)cc2)c(F)c1F)C(=O)O. The number of aliphatic carboxylic acids is 1. The van der Waals surface area contributed by atoms with Gasteiger partial charge in [-0.25, -0.2) is 14.2 Å². The second kappa shape index (κ2) is 11.9. The first-order valence-corrected chi connectivity index (χ1v) is 12.3. The average molecular weight is 560 g/mol. The lowest BCUT2D eigenvalue weighted by atomic mass is 10.0. The van der Waals surface area contributed by atoms with Crippen LogP contribution >= 0.6 is 11.3 Å². The number of ether oxygens (including phenoxy) is 1. The van der Waals surface area contributed by atoms with Crippen molar-refractivity contribution in [2.75, 3.05) is 0 Å². The molecule has 11 nitrogen and oxygen atoms in total. The highest BCUT2D eigenvalue weighted by Gasteiger charge is 2.26. The number of carboxylic acid groups (broad SMARTS) is 1. The standard InChI is InChI=1S/C25H23F2N5O6S/c26-20-13(8-17(24(35)36)31-22(33)16(28)9-14-10-29-11-30-14)3-6-18(21(20)27)38-15-4-1-12(2-5-15)7-19-23(34)32-25(37)39-19/h1-6,10-11,16-17,34H,7-9,28H2,(H,29,30)(H,31,33)(H,32,37)(H,35,36). The molecular formula is C25H23F2N5O6S. The molecule has 0 aliphatic rings. The Labute approximate surface area is 223 Å². The van der Waals surface area contributed by atoms with Crippen molar-refractivity contribution in [1.82, 2.24) is 20.3 Å². The van der Waals surface area contributed by atoms with Crippen LogP contribution in [0.3, 0.4) is 0 Å². The minimum Gasteiger partial charge on any atom is -0.494 e. The monoisotopic (exact) mass is 559 g/mol. The van der Waals surface area contributed by atoms with Crippen molar-refractivity contribution in [2.24, 2.45) is 5.73 Å². The van der Waals surface area contributed by atoms with E-state index in [1.165, 1.54) is 30.7 Å². The van der Waals surface area contributed by atoms with Crippen molar-refractivity contribution >= 4 is 23.2 Å². The minimum absolute atomic E-state index is 0.0738. The number of carbonyl (C=O) groups is 2. The fourth-order valence-corrected chi connectivity index (χ4v) is 4.45. The van der Waals surface area contributed by atoms with Crippen molar-refractivity contribution in [3.63, 3.8) is 0 Å². The lowest BCUT2D eigenvalue weighted by molar-refractivity contribution is -0.142. The Bertz CT molecular complexity index is 1520. The Morgan fingerprint density at radius 2 is 1.87 bits per heavy atom. The number of thiazole rings is 1. The van der Waals surface area contributed by atoms with Crippen molar-refractivity contribution < 1.29 is 33.3 Å². The fourth-order valence-electron chi connectivity index (χ4n) is 3.69. The molecule has 4 rings (SSSR count). The summed E-state index contributed by atoms with van der Waals surface area (Å²) in [4.78, 5) is 44.3. The van der Waals surface area contributed by atoms with E-state index in [9.17, 15) is 33.4 Å². The van der Waals surface area contributed by atoms with E-state index in [0.717, 1.165) is 23.0 Å². The van der Waals surface area contributed by atoms with Crippen LogP contribution in [0.5, 0.6) is 17.4 Å². The van der Waals surface area contributed by atoms with E-state index < -0.39 is 47.8 Å². The zero-order valence-corrected chi connectivity index (χ0v) is 20.9. The number of H-pyrrole nitrogens is 2. The molecule has 0 spiro atoms. The van der Waals surface area contributed by atoms with Crippen molar-refractivity contribution in [2.45, 2.75) is 31.3 Å². The number of nitrogens with one attached hydrogen (secondary N) is 3. The number of aromatic hydroxyl groups is 1. The quantitative estimate of drug-likeness (QED) is 0.162. The molecule has 0 fully saturated rings. The van der Waals surface area contributed by atoms with E-state index in [2.05, 4.69) is 20.3 Å². The van der Waals surface area contributed by atoms with Gasteiger partial charge in [-0.05, 0) is 29.3 Å². The highest BCUT2D eigenvalue weighted by atomic mass is 32.1. The molecule has 0 aliphatic heterocycles. The van der Waals surface area contributed by atoms with Crippen LogP contribution in [-0.2, 0) is 28.9 Å². The van der Waals surface area contributed by atoms with Gasteiger partial charge in [-0.1, -0.05) is 29.5 Å². The molecule has 0 aliphatic carbocycles. The van der Waals surface area contributed by atoms with Gasteiger partial charge in [0.1, 0.15) is 11.8 Å². The number of imidazole rings is 1. The molecule has 7 N–H and O–H groups in total. The average Bonchev–Trinajstić information content (AvgIpc) is 3.52. The van der Waals surface area contributed by atoms with Gasteiger partial charge in [0.05, 0.1) is 17.2 Å². The molecule has 2 aromatic carbocycles. The van der Waals surface area contributed by atoms with Gasteiger partial charge in [0, 0.05) is 31.2 Å². The molecular weight excluding hydrogens is 536 g/mol. The molecule has 0 saturated carbocycles. The van der Waals surface area contributed by atoms with Crippen molar-refractivity contribution in [3.8, 4) is 17.4 Å². The fraction of sp³-hybridized carbons (Fsp3) is 0.200. The Kier molecular flexibility index (Phi) is 8.36. The predicted octanol–water partition coefficient (Wildman–Crippen LogP) is 2.21. The molecule has 2 heterocycles. The number of carboxylic acids is 1. The molecule has 0 bridgehead atoms. The van der Waals surface area contributed by atoms with E-state index in [-0.39, 0.29) is 34.9 Å². The second-order valence-electron chi connectivity index (χ2n) is 8.55. The highest BCUT2D eigenvalue weighted by molar-refractivity contribution is 7.09. The summed E-state index contributed by atoms with van der Waals surface area (Å²) in [6, 6.07) is 5.97. The molecule has 14 heteroatoms. The number of rotatable bonds is 11. The number of halogens is 2. The smallest absolute Gasteiger partial charge is 0.326 e. The summed E-state index contributed by atoms with van der Waals surface area (Å²) in [5.74, 6) is -5.31. The van der Waals surface area contributed by atoms with Gasteiger partial charge in [0.15, 0.2) is 11.6 Å². The summed E-state index contributed by atoms with van der Waals surface area (Å²) in [6.07, 6.45) is 2.70. The molecule has 2 unspecified atom stereocenters. The molecule has 204 valence electrons. The number of hydrogen-bond acceptors (Lipinski definition) is 8. The molecule has 39 heavy (non-hydrogen) atoms. The molecule has 0 radical (unpaired) electrons. The number of nitrogens with two attached hydrogens (primary N) is 1. The summed E-state index contributed by atoms with van der Waals surface area (Å²) in [5, 5.41) is 21.5. The number of benzene rings is 2. The Balaban J connectivity index is 1.41. The van der Waals surface area contributed by atoms with E-state index in [0.29, 0.717) is 10.6 Å². The maximum absolute atomic E-state index is 14.8. The van der Waals surface area contributed by atoms with E-state index >= 15 is 0 Å². The van der Waals surface area contributed by atoms with Gasteiger partial charge in [-0.3, -0.25) is 14.6 Å². The number of nitrogens with zero attached hydrogens (tertiary/aromatic N) is 1. The third-order valence-corrected chi connectivity index (χ3v) is 6.58. The van der Waals surface area contributed by atoms with Crippen LogP contribution in [0.25, 0.3) is 0 Å². The van der Waals surface area contributed by atoms with Crippen LogP contribution in [0, 0.1) is 11.6 Å². The lowest BCUT2D eigenvalue weighted by Gasteiger charge is -2.18. The minimum atomic E-state index is -1.56. The molecule has 2 aromatic heterocycles.